The molecule has 2 aromatic rings. The average molecular weight is 471 g/mol. The summed E-state index contributed by atoms with van der Waals surface area (Å²) in [5.41, 5.74) is 6.16. The Morgan fingerprint density at radius 3 is 1.85 bits per heavy atom. The summed E-state index contributed by atoms with van der Waals surface area (Å²) in [6.45, 7) is 33.4. The van der Waals surface area contributed by atoms with Crippen molar-refractivity contribution in [2.45, 2.75) is 116 Å². The Morgan fingerprint density at radius 2 is 1.44 bits per heavy atom. The van der Waals surface area contributed by atoms with Gasteiger partial charge in [0, 0.05) is 13.0 Å². The highest BCUT2D eigenvalue weighted by Crippen LogP contribution is 2.18. The number of hydrogen-bond donors (Lipinski definition) is 0. The molecule has 0 fully saturated rings. The van der Waals surface area contributed by atoms with E-state index in [1.807, 2.05) is 87.5 Å². The summed E-state index contributed by atoms with van der Waals surface area (Å²) in [5, 5.41) is 0. The number of aromatic nitrogens is 2. The largest absolute Gasteiger partial charge is 0.328 e. The minimum Gasteiger partial charge on any atom is -0.328 e. The molecule has 0 aliphatic heterocycles. The molecule has 1 aromatic heterocycles. The second kappa shape index (κ2) is 28.7. The van der Waals surface area contributed by atoms with Crippen LogP contribution < -0.4 is 0 Å². The maximum absolute atomic E-state index is 4.65. The highest BCUT2D eigenvalue weighted by atomic mass is 15.1. The zero-order valence-electron chi connectivity index (χ0n) is 25.3. The topological polar surface area (TPSA) is 17.8 Å². The van der Waals surface area contributed by atoms with Crippen molar-refractivity contribution in [3.8, 4) is 0 Å². The van der Waals surface area contributed by atoms with Crippen LogP contribution in [0.2, 0.25) is 0 Å². The average Bonchev–Trinajstić information content (AvgIpc) is 3.24. The molecule has 0 unspecified atom stereocenters. The molecule has 196 valence electrons. The molecule has 0 atom stereocenters. The van der Waals surface area contributed by atoms with Crippen LogP contribution in [0.15, 0.2) is 66.3 Å². The van der Waals surface area contributed by atoms with Gasteiger partial charge in [-0.25, -0.2) is 4.98 Å². The normalized spacial score (nSPS) is 10.2. The third kappa shape index (κ3) is 15.5. The lowest BCUT2D eigenvalue weighted by Crippen LogP contribution is -2.01. The van der Waals surface area contributed by atoms with Gasteiger partial charge in [-0.15, -0.1) is 0 Å². The van der Waals surface area contributed by atoms with Crippen molar-refractivity contribution in [2.75, 3.05) is 0 Å². The van der Waals surface area contributed by atoms with Gasteiger partial charge in [-0.2, -0.15) is 0 Å². The SMILES string of the molecule is C=CC(/C=C/C)=C(C)/C=C\C.CC.CC.CC.CC.CCCn1c(CC)nc2ccc(C)cc21. The van der Waals surface area contributed by atoms with Gasteiger partial charge in [0.05, 0.1) is 11.0 Å². The summed E-state index contributed by atoms with van der Waals surface area (Å²) in [6, 6.07) is 6.48. The molecular weight excluding hydrogens is 412 g/mol. The third-order valence-corrected chi connectivity index (χ3v) is 4.18. The Kier molecular flexibility index (Phi) is 32.8. The van der Waals surface area contributed by atoms with Gasteiger partial charge in [0.25, 0.3) is 0 Å². The molecule has 1 aromatic carbocycles. The fourth-order valence-corrected chi connectivity index (χ4v) is 2.91. The van der Waals surface area contributed by atoms with Gasteiger partial charge in [0.15, 0.2) is 0 Å². The standard InChI is InChI=1S/C13H18N2.C11H16.4C2H6/c1-4-8-15-12-9-10(3)6-7-11(12)14-13(15)5-2;1-5-8-10(4)11(7-3)9-6-2;4*1-2/h6-7,9H,4-5,8H2,1-3H3;5-9H,3H2,1-2,4H3;4*1-2H3/b;8-5-,9-6+,11-10-;;;;. The second-order valence-corrected chi connectivity index (χ2v) is 6.37. The summed E-state index contributed by atoms with van der Waals surface area (Å²) in [4.78, 5) is 4.65. The summed E-state index contributed by atoms with van der Waals surface area (Å²) in [5.74, 6) is 1.21. The predicted molar refractivity (Wildman–Crippen MR) is 162 cm³/mol. The molecule has 2 nitrogen and oxygen atoms in total. The van der Waals surface area contributed by atoms with Gasteiger partial charge in [0.2, 0.25) is 0 Å². The molecule has 0 saturated heterocycles. The molecular formula is C32H58N2. The van der Waals surface area contributed by atoms with E-state index in [1.165, 1.54) is 28.1 Å². The highest BCUT2D eigenvalue weighted by molar-refractivity contribution is 5.76. The molecule has 1 heterocycles. The van der Waals surface area contributed by atoms with E-state index in [0.717, 1.165) is 24.9 Å². The van der Waals surface area contributed by atoms with Crippen LogP contribution >= 0.6 is 0 Å². The van der Waals surface area contributed by atoms with Crippen molar-refractivity contribution < 1.29 is 0 Å². The zero-order chi connectivity index (χ0) is 27.5. The van der Waals surface area contributed by atoms with E-state index in [9.17, 15) is 0 Å². The second-order valence-electron chi connectivity index (χ2n) is 6.37. The zero-order valence-corrected chi connectivity index (χ0v) is 25.3. The van der Waals surface area contributed by atoms with E-state index in [2.05, 4.69) is 74.2 Å². The van der Waals surface area contributed by atoms with Crippen molar-refractivity contribution in [1.29, 1.82) is 0 Å². The Morgan fingerprint density at radius 1 is 0.912 bits per heavy atom. The molecule has 2 heteroatoms. The molecule has 0 bridgehead atoms. The first-order chi connectivity index (χ1) is 16.5. The quantitative estimate of drug-likeness (QED) is 0.384. The van der Waals surface area contributed by atoms with E-state index in [-0.39, 0.29) is 0 Å². The van der Waals surface area contributed by atoms with E-state index in [1.54, 1.807) is 0 Å². The van der Waals surface area contributed by atoms with Gasteiger partial charge in [-0.1, -0.05) is 112 Å². The number of aryl methyl sites for hydroxylation is 3. The van der Waals surface area contributed by atoms with Crippen LogP contribution in [-0.2, 0) is 13.0 Å². The minimum absolute atomic E-state index is 1.01. The number of nitrogens with zero attached hydrogens (tertiary/aromatic N) is 2. The Hall–Kier alpha value is -2.35. The third-order valence-electron chi connectivity index (χ3n) is 4.18. The van der Waals surface area contributed by atoms with Crippen LogP contribution in [0.25, 0.3) is 11.0 Å². The van der Waals surface area contributed by atoms with Crippen LogP contribution in [0.4, 0.5) is 0 Å². The first-order valence-corrected chi connectivity index (χ1v) is 13.6. The molecule has 0 radical (unpaired) electrons. The Balaban J connectivity index is -0.000000210. The molecule has 34 heavy (non-hydrogen) atoms. The summed E-state index contributed by atoms with van der Waals surface area (Å²) in [6.07, 6.45) is 12.2. The lowest BCUT2D eigenvalue weighted by molar-refractivity contribution is 0.659. The Bertz CT molecular complexity index is 802. The smallest absolute Gasteiger partial charge is 0.109 e. The fraction of sp³-hybridized carbons (Fsp3) is 0.531. The first kappa shape index (κ1) is 38.9. The van der Waals surface area contributed by atoms with Gasteiger partial charge in [-0.3, -0.25) is 0 Å². The summed E-state index contributed by atoms with van der Waals surface area (Å²) in [7, 11) is 0. The molecule has 2 rings (SSSR count). The van der Waals surface area contributed by atoms with Gasteiger partial charge < -0.3 is 4.57 Å². The van der Waals surface area contributed by atoms with Crippen LogP contribution in [0.1, 0.15) is 108 Å². The lowest BCUT2D eigenvalue weighted by atomic mass is 10.1. The van der Waals surface area contributed by atoms with Crippen LogP contribution in [0, 0.1) is 6.92 Å². The maximum Gasteiger partial charge on any atom is 0.109 e. The lowest BCUT2D eigenvalue weighted by Gasteiger charge is -2.05. The molecule has 0 saturated carbocycles. The van der Waals surface area contributed by atoms with E-state index < -0.39 is 0 Å². The molecule has 0 aliphatic carbocycles. The minimum atomic E-state index is 1.01. The number of benzene rings is 1. The van der Waals surface area contributed by atoms with Crippen molar-refractivity contribution >= 4 is 11.0 Å². The van der Waals surface area contributed by atoms with Crippen LogP contribution in [0.3, 0.4) is 0 Å². The monoisotopic (exact) mass is 470 g/mol. The maximum atomic E-state index is 4.65. The predicted octanol–water partition coefficient (Wildman–Crippen LogP) is 11.1. The van der Waals surface area contributed by atoms with Gasteiger partial charge >= 0.3 is 0 Å². The molecule has 0 N–H and O–H groups in total. The number of imidazole rings is 1. The van der Waals surface area contributed by atoms with Gasteiger partial charge in [0.1, 0.15) is 5.82 Å². The molecule has 0 aliphatic rings. The first-order valence-electron chi connectivity index (χ1n) is 13.6. The van der Waals surface area contributed by atoms with Crippen molar-refractivity contribution in [3.05, 3.63) is 77.7 Å². The van der Waals surface area contributed by atoms with Crippen LogP contribution in [0.5, 0.6) is 0 Å². The summed E-state index contributed by atoms with van der Waals surface area (Å²) >= 11 is 0. The molecule has 0 amide bonds. The highest BCUT2D eigenvalue weighted by Gasteiger charge is 2.07. The number of rotatable bonds is 6. The Labute approximate surface area is 214 Å². The number of fused-ring (bicyclic) bond motifs is 1. The number of allylic oxidation sites excluding steroid dienone is 7. The molecule has 0 spiro atoms. The van der Waals surface area contributed by atoms with Crippen LogP contribution in [-0.4, -0.2) is 9.55 Å². The van der Waals surface area contributed by atoms with E-state index in [4.69, 9.17) is 0 Å². The van der Waals surface area contributed by atoms with Crippen molar-refractivity contribution in [3.63, 3.8) is 0 Å². The summed E-state index contributed by atoms with van der Waals surface area (Å²) < 4.78 is 2.35. The number of hydrogen-bond acceptors (Lipinski definition) is 1. The van der Waals surface area contributed by atoms with E-state index in [0.29, 0.717) is 0 Å². The van der Waals surface area contributed by atoms with E-state index >= 15 is 0 Å². The van der Waals surface area contributed by atoms with Gasteiger partial charge in [-0.05, 0) is 63.0 Å². The fourth-order valence-electron chi connectivity index (χ4n) is 2.91. The van der Waals surface area contributed by atoms with Crippen molar-refractivity contribution in [2.24, 2.45) is 0 Å². The van der Waals surface area contributed by atoms with Crippen molar-refractivity contribution in [1.82, 2.24) is 9.55 Å².